The van der Waals surface area contributed by atoms with E-state index < -0.39 is 22.9 Å². The first-order valence-corrected chi connectivity index (χ1v) is 4.73. The number of carbonyl (C=O) groups excluding carboxylic acids is 3. The Morgan fingerprint density at radius 3 is 1.71 bits per heavy atom. The third-order valence-electron chi connectivity index (χ3n) is 2.46. The number of ketones is 2. The van der Waals surface area contributed by atoms with E-state index in [2.05, 4.69) is 5.32 Å². The summed E-state index contributed by atoms with van der Waals surface area (Å²) in [5.41, 5.74) is -1.48. The van der Waals surface area contributed by atoms with Crippen LogP contribution in [0.25, 0.3) is 0 Å². The summed E-state index contributed by atoms with van der Waals surface area (Å²) in [4.78, 5) is 34.4. The highest BCUT2D eigenvalue weighted by atomic mass is 16.2. The van der Waals surface area contributed by atoms with Crippen LogP contribution in [0.1, 0.15) is 34.1 Å². The fraction of sp³-hybridized carbons (Fsp3) is 0.700. The van der Waals surface area contributed by atoms with Crippen LogP contribution in [0.5, 0.6) is 0 Å². The van der Waals surface area contributed by atoms with Gasteiger partial charge in [-0.05, 0) is 27.2 Å². The van der Waals surface area contributed by atoms with Gasteiger partial charge in [0.2, 0.25) is 5.91 Å². The summed E-state index contributed by atoms with van der Waals surface area (Å²) in [5, 5.41) is 2.52. The number of nitrogens with one attached hydrogen (secondary N) is 1. The molecule has 0 aliphatic carbocycles. The molecular weight excluding hydrogens is 182 g/mol. The van der Waals surface area contributed by atoms with Crippen LogP contribution < -0.4 is 5.32 Å². The van der Waals surface area contributed by atoms with Gasteiger partial charge in [-0.3, -0.25) is 14.4 Å². The standard InChI is InChI=1S/C10H17NO3/c1-5-10(7(3)12,8(4)13)9(14)11-6-2/h5-6H2,1-4H3,(H,11,14). The molecule has 1 N–H and O–H groups in total. The Labute approximate surface area is 84.1 Å². The summed E-state index contributed by atoms with van der Waals surface area (Å²) < 4.78 is 0. The predicted octanol–water partition coefficient (Wildman–Crippen LogP) is 0.697. The SMILES string of the molecule is CCNC(=O)C(CC)(C(C)=O)C(C)=O. The third-order valence-corrected chi connectivity index (χ3v) is 2.46. The van der Waals surface area contributed by atoms with Crippen LogP contribution in [0.15, 0.2) is 0 Å². The van der Waals surface area contributed by atoms with Crippen molar-refractivity contribution in [3.8, 4) is 0 Å². The minimum absolute atomic E-state index is 0.212. The second kappa shape index (κ2) is 4.88. The first kappa shape index (κ1) is 12.8. The van der Waals surface area contributed by atoms with E-state index >= 15 is 0 Å². The Hall–Kier alpha value is -1.19. The van der Waals surface area contributed by atoms with Gasteiger partial charge in [0.05, 0.1) is 0 Å². The first-order valence-electron chi connectivity index (χ1n) is 4.73. The molecule has 0 aromatic rings. The van der Waals surface area contributed by atoms with E-state index in [0.717, 1.165) is 0 Å². The van der Waals surface area contributed by atoms with E-state index in [-0.39, 0.29) is 6.42 Å². The second-order valence-electron chi connectivity index (χ2n) is 3.23. The van der Waals surface area contributed by atoms with Crippen molar-refractivity contribution in [2.24, 2.45) is 5.41 Å². The number of hydrogen-bond acceptors (Lipinski definition) is 3. The molecule has 1 amide bonds. The van der Waals surface area contributed by atoms with Crippen LogP contribution in [-0.4, -0.2) is 24.0 Å². The van der Waals surface area contributed by atoms with Crippen molar-refractivity contribution in [2.45, 2.75) is 34.1 Å². The average molecular weight is 199 g/mol. The lowest BCUT2D eigenvalue weighted by Crippen LogP contribution is -2.49. The van der Waals surface area contributed by atoms with Crippen molar-refractivity contribution < 1.29 is 14.4 Å². The van der Waals surface area contributed by atoms with Crippen LogP contribution in [0, 0.1) is 5.41 Å². The zero-order chi connectivity index (χ0) is 11.4. The van der Waals surface area contributed by atoms with E-state index in [1.807, 2.05) is 0 Å². The van der Waals surface area contributed by atoms with E-state index in [0.29, 0.717) is 6.54 Å². The first-order chi connectivity index (χ1) is 6.43. The fourth-order valence-corrected chi connectivity index (χ4v) is 1.54. The molecule has 0 aromatic heterocycles. The highest BCUT2D eigenvalue weighted by Gasteiger charge is 2.45. The van der Waals surface area contributed by atoms with Crippen LogP contribution >= 0.6 is 0 Å². The molecule has 0 heterocycles. The maximum absolute atomic E-state index is 11.6. The summed E-state index contributed by atoms with van der Waals surface area (Å²) in [7, 11) is 0. The lowest BCUT2D eigenvalue weighted by Gasteiger charge is -2.25. The van der Waals surface area contributed by atoms with Crippen molar-refractivity contribution >= 4 is 17.5 Å². The largest absolute Gasteiger partial charge is 0.355 e. The van der Waals surface area contributed by atoms with Crippen LogP contribution in [0.3, 0.4) is 0 Å². The Morgan fingerprint density at radius 1 is 1.07 bits per heavy atom. The molecule has 80 valence electrons. The van der Waals surface area contributed by atoms with Gasteiger partial charge in [0, 0.05) is 6.54 Å². The summed E-state index contributed by atoms with van der Waals surface area (Å²) in [6, 6.07) is 0. The molecule has 0 bridgehead atoms. The van der Waals surface area contributed by atoms with Crippen molar-refractivity contribution in [3.05, 3.63) is 0 Å². The molecule has 4 heteroatoms. The molecule has 14 heavy (non-hydrogen) atoms. The number of Topliss-reactive ketones (excluding diaryl/α,β-unsaturated/α-hetero) is 2. The minimum atomic E-state index is -1.48. The molecule has 0 saturated carbocycles. The van der Waals surface area contributed by atoms with E-state index in [9.17, 15) is 14.4 Å². The van der Waals surface area contributed by atoms with Crippen molar-refractivity contribution in [3.63, 3.8) is 0 Å². The summed E-state index contributed by atoms with van der Waals surface area (Å²) in [5.74, 6) is -1.26. The number of hydrogen-bond donors (Lipinski definition) is 1. The highest BCUT2D eigenvalue weighted by molar-refractivity contribution is 6.22. The van der Waals surface area contributed by atoms with Gasteiger partial charge in [0.25, 0.3) is 0 Å². The molecule has 0 unspecified atom stereocenters. The highest BCUT2D eigenvalue weighted by Crippen LogP contribution is 2.24. The van der Waals surface area contributed by atoms with E-state index in [4.69, 9.17) is 0 Å². The monoisotopic (exact) mass is 199 g/mol. The predicted molar refractivity (Wildman–Crippen MR) is 52.8 cm³/mol. The third kappa shape index (κ3) is 2.00. The van der Waals surface area contributed by atoms with Crippen LogP contribution in [0.4, 0.5) is 0 Å². The number of carbonyl (C=O) groups is 3. The number of amides is 1. The normalized spacial score (nSPS) is 10.9. The Balaban J connectivity index is 5.14. The molecule has 0 aliphatic heterocycles. The molecule has 0 aliphatic rings. The van der Waals surface area contributed by atoms with E-state index in [1.54, 1.807) is 13.8 Å². The molecule has 0 fully saturated rings. The molecular formula is C10H17NO3. The summed E-state index contributed by atoms with van der Waals surface area (Å²) in [6.07, 6.45) is 0.212. The van der Waals surface area contributed by atoms with Crippen LogP contribution in [-0.2, 0) is 14.4 Å². The van der Waals surface area contributed by atoms with Gasteiger partial charge < -0.3 is 5.32 Å². The number of rotatable bonds is 5. The zero-order valence-corrected chi connectivity index (χ0v) is 9.14. The molecule has 0 aromatic carbocycles. The Morgan fingerprint density at radius 2 is 1.50 bits per heavy atom. The van der Waals surface area contributed by atoms with Gasteiger partial charge in [-0.2, -0.15) is 0 Å². The van der Waals surface area contributed by atoms with Gasteiger partial charge >= 0.3 is 0 Å². The molecule has 0 radical (unpaired) electrons. The van der Waals surface area contributed by atoms with Crippen molar-refractivity contribution in [1.82, 2.24) is 5.32 Å². The van der Waals surface area contributed by atoms with Gasteiger partial charge in [0.15, 0.2) is 17.0 Å². The molecule has 0 spiro atoms. The lowest BCUT2D eigenvalue weighted by atomic mass is 9.77. The minimum Gasteiger partial charge on any atom is -0.355 e. The van der Waals surface area contributed by atoms with Gasteiger partial charge in [0.1, 0.15) is 0 Å². The zero-order valence-electron chi connectivity index (χ0n) is 9.14. The Bertz CT molecular complexity index is 244. The summed E-state index contributed by atoms with van der Waals surface area (Å²) >= 11 is 0. The summed E-state index contributed by atoms with van der Waals surface area (Å²) in [6.45, 7) is 6.39. The average Bonchev–Trinajstić information content (AvgIpc) is 2.05. The van der Waals surface area contributed by atoms with Crippen molar-refractivity contribution in [2.75, 3.05) is 6.54 Å². The van der Waals surface area contributed by atoms with Crippen LogP contribution in [0.2, 0.25) is 0 Å². The van der Waals surface area contributed by atoms with Crippen molar-refractivity contribution in [1.29, 1.82) is 0 Å². The maximum atomic E-state index is 11.6. The molecule has 0 rings (SSSR count). The lowest BCUT2D eigenvalue weighted by molar-refractivity contribution is -0.148. The fourth-order valence-electron chi connectivity index (χ4n) is 1.54. The van der Waals surface area contributed by atoms with Gasteiger partial charge in [-0.1, -0.05) is 6.92 Å². The topological polar surface area (TPSA) is 63.2 Å². The maximum Gasteiger partial charge on any atom is 0.241 e. The molecule has 0 atom stereocenters. The smallest absolute Gasteiger partial charge is 0.241 e. The molecule has 4 nitrogen and oxygen atoms in total. The quantitative estimate of drug-likeness (QED) is 0.663. The van der Waals surface area contributed by atoms with Gasteiger partial charge in [-0.25, -0.2) is 0 Å². The Kier molecular flexibility index (Phi) is 4.47. The van der Waals surface area contributed by atoms with Gasteiger partial charge in [-0.15, -0.1) is 0 Å². The molecule has 0 saturated heterocycles. The van der Waals surface area contributed by atoms with E-state index in [1.165, 1.54) is 13.8 Å². The second-order valence-corrected chi connectivity index (χ2v) is 3.23.